The van der Waals surface area contributed by atoms with Crippen molar-refractivity contribution in [2.45, 2.75) is 13.5 Å². The standard InChI is InChI=1S/C21H16F2N4O3/c1-12(28)29-11-14-8-16(22)20(17(23)9-14)30-19-7-6-18(25)21(27-19)26-15-4-2-13(10-24)3-5-15/h2-9H,11,25H2,1H3,(H,26,27). The minimum Gasteiger partial charge on any atom is -0.461 e. The van der Waals surface area contributed by atoms with Gasteiger partial charge in [0.25, 0.3) is 0 Å². The zero-order chi connectivity index (χ0) is 21.7. The summed E-state index contributed by atoms with van der Waals surface area (Å²) in [5.74, 6) is -3.04. The number of hydrogen-bond acceptors (Lipinski definition) is 7. The second-order valence-electron chi connectivity index (χ2n) is 6.17. The molecule has 0 fully saturated rings. The SMILES string of the molecule is CC(=O)OCc1cc(F)c(Oc2ccc(N)c(Nc3ccc(C#N)cc3)n2)c(F)c1. The van der Waals surface area contributed by atoms with Crippen molar-refractivity contribution >= 4 is 23.2 Å². The zero-order valence-electron chi connectivity index (χ0n) is 15.8. The lowest BCUT2D eigenvalue weighted by Gasteiger charge is -2.12. The fourth-order valence-electron chi connectivity index (χ4n) is 2.46. The van der Waals surface area contributed by atoms with Crippen LogP contribution in [0.5, 0.6) is 11.6 Å². The van der Waals surface area contributed by atoms with E-state index >= 15 is 0 Å². The molecule has 0 radical (unpaired) electrons. The van der Waals surface area contributed by atoms with Crippen LogP contribution in [0.15, 0.2) is 48.5 Å². The molecule has 3 rings (SSSR count). The molecule has 152 valence electrons. The second-order valence-corrected chi connectivity index (χ2v) is 6.17. The van der Waals surface area contributed by atoms with Gasteiger partial charge >= 0.3 is 5.97 Å². The van der Waals surface area contributed by atoms with Crippen LogP contribution >= 0.6 is 0 Å². The Bertz CT molecular complexity index is 1110. The van der Waals surface area contributed by atoms with E-state index < -0.39 is 23.4 Å². The number of carbonyl (C=O) groups excluding carboxylic acids is 1. The highest BCUT2D eigenvalue weighted by atomic mass is 19.1. The molecule has 0 aliphatic rings. The molecule has 0 aliphatic carbocycles. The number of nitriles is 1. The predicted octanol–water partition coefficient (Wildman–Crippen LogP) is 4.41. The Kier molecular flexibility index (Phi) is 6.08. The maximum atomic E-state index is 14.3. The molecule has 0 spiro atoms. The van der Waals surface area contributed by atoms with Gasteiger partial charge in [0.05, 0.1) is 17.3 Å². The van der Waals surface area contributed by atoms with E-state index in [2.05, 4.69) is 10.3 Å². The minimum absolute atomic E-state index is 0.0918. The molecule has 3 aromatic rings. The Labute approximate surface area is 170 Å². The van der Waals surface area contributed by atoms with Gasteiger partial charge in [0, 0.05) is 18.7 Å². The number of esters is 1. The highest BCUT2D eigenvalue weighted by molar-refractivity contribution is 5.69. The molecule has 0 unspecified atom stereocenters. The fourth-order valence-corrected chi connectivity index (χ4v) is 2.46. The Morgan fingerprint density at radius 1 is 1.17 bits per heavy atom. The molecule has 3 N–H and O–H groups in total. The predicted molar refractivity (Wildman–Crippen MR) is 105 cm³/mol. The van der Waals surface area contributed by atoms with Gasteiger partial charge in [-0.05, 0) is 48.0 Å². The van der Waals surface area contributed by atoms with Crippen LogP contribution < -0.4 is 15.8 Å². The lowest BCUT2D eigenvalue weighted by Crippen LogP contribution is -2.03. The van der Waals surface area contributed by atoms with Crippen molar-refractivity contribution < 1.29 is 23.0 Å². The second kappa shape index (κ2) is 8.87. The third-order valence-corrected chi connectivity index (χ3v) is 3.88. The van der Waals surface area contributed by atoms with Crippen molar-refractivity contribution in [1.29, 1.82) is 5.26 Å². The highest BCUT2D eigenvalue weighted by Crippen LogP contribution is 2.31. The maximum absolute atomic E-state index is 14.3. The van der Waals surface area contributed by atoms with Crippen molar-refractivity contribution in [3.05, 3.63) is 71.3 Å². The quantitative estimate of drug-likeness (QED) is 0.579. The number of nitrogens with one attached hydrogen (secondary N) is 1. The topological polar surface area (TPSA) is 110 Å². The minimum atomic E-state index is -0.975. The molecule has 0 bridgehead atoms. The number of nitrogens with zero attached hydrogens (tertiary/aromatic N) is 2. The summed E-state index contributed by atoms with van der Waals surface area (Å²) >= 11 is 0. The first kappa shape index (κ1) is 20.5. The number of nitrogen functional groups attached to an aromatic ring is 1. The number of halogens is 2. The van der Waals surface area contributed by atoms with E-state index in [9.17, 15) is 13.6 Å². The lowest BCUT2D eigenvalue weighted by molar-refractivity contribution is -0.142. The van der Waals surface area contributed by atoms with Gasteiger partial charge in [0.1, 0.15) is 6.61 Å². The number of pyridine rings is 1. The van der Waals surface area contributed by atoms with Crippen LogP contribution in [0.3, 0.4) is 0 Å². The summed E-state index contributed by atoms with van der Waals surface area (Å²) in [7, 11) is 0. The van der Waals surface area contributed by atoms with E-state index in [1.807, 2.05) is 6.07 Å². The van der Waals surface area contributed by atoms with Crippen LogP contribution in [-0.2, 0) is 16.1 Å². The molecule has 7 nitrogen and oxygen atoms in total. The number of rotatable bonds is 6. The average molecular weight is 410 g/mol. The van der Waals surface area contributed by atoms with Crippen LogP contribution in [0.4, 0.5) is 26.0 Å². The molecule has 2 aromatic carbocycles. The summed E-state index contributed by atoms with van der Waals surface area (Å²) in [6.45, 7) is 0.933. The van der Waals surface area contributed by atoms with Crippen molar-refractivity contribution in [2.24, 2.45) is 0 Å². The van der Waals surface area contributed by atoms with E-state index in [1.54, 1.807) is 24.3 Å². The number of hydrogen-bond donors (Lipinski definition) is 2. The third kappa shape index (κ3) is 4.99. The Balaban J connectivity index is 1.81. The highest BCUT2D eigenvalue weighted by Gasteiger charge is 2.16. The number of aromatic nitrogens is 1. The Morgan fingerprint density at radius 3 is 2.43 bits per heavy atom. The first-order valence-corrected chi connectivity index (χ1v) is 8.68. The van der Waals surface area contributed by atoms with Crippen LogP contribution in [0.2, 0.25) is 0 Å². The Morgan fingerprint density at radius 2 is 1.83 bits per heavy atom. The summed E-state index contributed by atoms with van der Waals surface area (Å²) in [5, 5.41) is 11.8. The fraction of sp³-hybridized carbons (Fsp3) is 0.0952. The molecule has 0 aliphatic heterocycles. The van der Waals surface area contributed by atoms with Crippen molar-refractivity contribution in [3.8, 4) is 17.7 Å². The van der Waals surface area contributed by atoms with Crippen molar-refractivity contribution in [1.82, 2.24) is 4.98 Å². The molecule has 0 saturated carbocycles. The van der Waals surface area contributed by atoms with Gasteiger partial charge in [-0.15, -0.1) is 0 Å². The van der Waals surface area contributed by atoms with E-state index in [1.165, 1.54) is 19.1 Å². The lowest BCUT2D eigenvalue weighted by atomic mass is 10.2. The summed E-state index contributed by atoms with van der Waals surface area (Å²) in [5.41, 5.74) is 7.42. The van der Waals surface area contributed by atoms with Gasteiger partial charge in [0.2, 0.25) is 11.6 Å². The van der Waals surface area contributed by atoms with E-state index in [0.717, 1.165) is 12.1 Å². The Hall–Kier alpha value is -4.19. The maximum Gasteiger partial charge on any atom is 0.302 e. The summed E-state index contributed by atoms with van der Waals surface area (Å²) in [6.07, 6.45) is 0. The monoisotopic (exact) mass is 410 g/mol. The number of carbonyl (C=O) groups is 1. The van der Waals surface area contributed by atoms with Crippen LogP contribution in [0.25, 0.3) is 0 Å². The van der Waals surface area contributed by atoms with Gasteiger partial charge in [-0.1, -0.05) is 0 Å². The molecule has 30 heavy (non-hydrogen) atoms. The summed E-state index contributed by atoms with van der Waals surface area (Å²) in [6, 6.07) is 13.4. The number of anilines is 3. The summed E-state index contributed by atoms with van der Waals surface area (Å²) in [4.78, 5) is 15.0. The largest absolute Gasteiger partial charge is 0.461 e. The average Bonchev–Trinajstić information content (AvgIpc) is 2.72. The molecular weight excluding hydrogens is 394 g/mol. The zero-order valence-corrected chi connectivity index (χ0v) is 15.8. The first-order chi connectivity index (χ1) is 14.4. The normalized spacial score (nSPS) is 10.2. The van der Waals surface area contributed by atoms with Gasteiger partial charge < -0.3 is 20.5 Å². The molecular formula is C21H16F2N4O3. The third-order valence-electron chi connectivity index (χ3n) is 3.88. The molecule has 1 aromatic heterocycles. The van der Waals surface area contributed by atoms with Gasteiger partial charge in [-0.25, -0.2) is 8.78 Å². The van der Waals surface area contributed by atoms with E-state index in [4.69, 9.17) is 20.5 Å². The van der Waals surface area contributed by atoms with E-state index in [0.29, 0.717) is 11.3 Å². The molecule has 0 atom stereocenters. The van der Waals surface area contributed by atoms with Crippen LogP contribution in [-0.4, -0.2) is 11.0 Å². The van der Waals surface area contributed by atoms with Crippen LogP contribution in [0.1, 0.15) is 18.1 Å². The van der Waals surface area contributed by atoms with Gasteiger partial charge in [0.15, 0.2) is 17.5 Å². The molecule has 0 saturated heterocycles. The number of nitrogens with two attached hydrogens (primary N) is 1. The smallest absolute Gasteiger partial charge is 0.302 e. The van der Waals surface area contributed by atoms with E-state index in [-0.39, 0.29) is 29.6 Å². The van der Waals surface area contributed by atoms with Gasteiger partial charge in [-0.2, -0.15) is 10.2 Å². The van der Waals surface area contributed by atoms with Crippen LogP contribution in [0, 0.1) is 23.0 Å². The molecule has 1 heterocycles. The first-order valence-electron chi connectivity index (χ1n) is 8.68. The summed E-state index contributed by atoms with van der Waals surface area (Å²) < 4.78 is 38.7. The molecule has 9 heteroatoms. The van der Waals surface area contributed by atoms with Gasteiger partial charge in [-0.3, -0.25) is 4.79 Å². The number of benzene rings is 2. The number of ether oxygens (including phenoxy) is 2. The van der Waals surface area contributed by atoms with Crippen molar-refractivity contribution in [2.75, 3.05) is 11.1 Å². The molecule has 0 amide bonds. The van der Waals surface area contributed by atoms with Crippen molar-refractivity contribution in [3.63, 3.8) is 0 Å².